The van der Waals surface area contributed by atoms with E-state index in [1.54, 1.807) is 0 Å². The third-order valence-electron chi connectivity index (χ3n) is 4.13. The molecule has 0 aromatic carbocycles. The molecular weight excluding hydrogens is 202 g/mol. The maximum absolute atomic E-state index is 10.7. The monoisotopic (exact) mass is 225 g/mol. The smallest absolute Gasteiger partial charge is 0.332 e. The number of aliphatic carboxylic acids is 1. The van der Waals surface area contributed by atoms with Crippen LogP contribution in [0.5, 0.6) is 0 Å². The average molecular weight is 225 g/mol. The molecule has 0 aromatic heterocycles. The lowest BCUT2D eigenvalue weighted by atomic mass is 9.74. The minimum absolute atomic E-state index is 0.306. The summed E-state index contributed by atoms with van der Waals surface area (Å²) < 4.78 is 0. The summed E-state index contributed by atoms with van der Waals surface area (Å²) in [6, 6.07) is 0. The molecule has 3 nitrogen and oxygen atoms in total. The second kappa shape index (κ2) is 5.48. The van der Waals surface area contributed by atoms with Crippen LogP contribution in [0.1, 0.15) is 39.5 Å². The lowest BCUT2D eigenvalue weighted by molar-refractivity contribution is -0.133. The van der Waals surface area contributed by atoms with Crippen LogP contribution in [0.3, 0.4) is 0 Å². The van der Waals surface area contributed by atoms with E-state index in [-0.39, 0.29) is 0 Å². The number of carboxylic acids is 1. The number of nitrogens with zero attached hydrogens (tertiary/aromatic N) is 1. The van der Waals surface area contributed by atoms with Crippen LogP contribution in [0.4, 0.5) is 0 Å². The van der Waals surface area contributed by atoms with E-state index in [2.05, 4.69) is 25.3 Å². The van der Waals surface area contributed by atoms with Crippen LogP contribution in [0.15, 0.2) is 12.2 Å². The molecule has 1 saturated heterocycles. The topological polar surface area (TPSA) is 40.5 Å². The van der Waals surface area contributed by atoms with Gasteiger partial charge in [0.25, 0.3) is 0 Å². The van der Waals surface area contributed by atoms with Crippen molar-refractivity contribution < 1.29 is 9.90 Å². The molecule has 0 amide bonds. The summed E-state index contributed by atoms with van der Waals surface area (Å²) in [6.07, 6.45) is 4.84. The minimum Gasteiger partial charge on any atom is -0.478 e. The Morgan fingerprint density at radius 2 is 1.81 bits per heavy atom. The van der Waals surface area contributed by atoms with Crippen molar-refractivity contribution in [2.24, 2.45) is 5.41 Å². The normalized spacial score (nSPS) is 20.6. The Morgan fingerprint density at radius 1 is 1.31 bits per heavy atom. The molecule has 0 saturated carbocycles. The zero-order valence-electron chi connectivity index (χ0n) is 10.5. The van der Waals surface area contributed by atoms with Gasteiger partial charge in [-0.3, -0.25) is 4.90 Å². The molecule has 92 valence electrons. The fraction of sp³-hybridized carbons (Fsp3) is 0.769. The predicted molar refractivity (Wildman–Crippen MR) is 65.5 cm³/mol. The van der Waals surface area contributed by atoms with Crippen LogP contribution in [-0.4, -0.2) is 35.6 Å². The molecule has 1 N–H and O–H groups in total. The molecule has 1 heterocycles. The zero-order valence-corrected chi connectivity index (χ0v) is 10.5. The van der Waals surface area contributed by atoms with Gasteiger partial charge in [-0.15, -0.1) is 0 Å². The van der Waals surface area contributed by atoms with Crippen molar-refractivity contribution in [3.63, 3.8) is 0 Å². The van der Waals surface area contributed by atoms with Crippen LogP contribution in [-0.2, 0) is 4.79 Å². The summed E-state index contributed by atoms with van der Waals surface area (Å²) in [5.74, 6) is -0.872. The zero-order chi connectivity index (χ0) is 12.2. The summed E-state index contributed by atoms with van der Waals surface area (Å²) >= 11 is 0. The first kappa shape index (κ1) is 13.2. The molecule has 0 atom stereocenters. The quantitative estimate of drug-likeness (QED) is 0.731. The van der Waals surface area contributed by atoms with E-state index in [1.165, 1.54) is 25.7 Å². The molecule has 0 unspecified atom stereocenters. The number of carboxylic acid groups (broad SMARTS) is 1. The van der Waals surface area contributed by atoms with Gasteiger partial charge in [0.05, 0.1) is 0 Å². The highest BCUT2D eigenvalue weighted by atomic mass is 16.4. The van der Waals surface area contributed by atoms with Crippen molar-refractivity contribution >= 4 is 5.97 Å². The van der Waals surface area contributed by atoms with Gasteiger partial charge in [-0.2, -0.15) is 0 Å². The molecule has 1 aliphatic rings. The van der Waals surface area contributed by atoms with E-state index in [0.29, 0.717) is 17.5 Å². The first-order valence-electron chi connectivity index (χ1n) is 6.16. The van der Waals surface area contributed by atoms with Gasteiger partial charge in [0, 0.05) is 12.1 Å². The van der Waals surface area contributed by atoms with Crippen molar-refractivity contribution in [3.05, 3.63) is 12.2 Å². The van der Waals surface area contributed by atoms with Gasteiger partial charge in [0.2, 0.25) is 0 Å². The van der Waals surface area contributed by atoms with Crippen LogP contribution in [0.25, 0.3) is 0 Å². The highest BCUT2D eigenvalue weighted by Gasteiger charge is 2.31. The van der Waals surface area contributed by atoms with Crippen LogP contribution < -0.4 is 0 Å². The predicted octanol–water partition coefficient (Wildman–Crippen LogP) is 2.53. The molecule has 0 aromatic rings. The number of rotatable bonds is 5. The van der Waals surface area contributed by atoms with Gasteiger partial charge in [-0.05, 0) is 31.3 Å². The summed E-state index contributed by atoms with van der Waals surface area (Å²) in [4.78, 5) is 12.9. The highest BCUT2D eigenvalue weighted by molar-refractivity contribution is 5.86. The lowest BCUT2D eigenvalue weighted by Crippen LogP contribution is -2.40. The molecule has 0 spiro atoms. The lowest BCUT2D eigenvalue weighted by Gasteiger charge is -2.41. The largest absolute Gasteiger partial charge is 0.478 e. The van der Waals surface area contributed by atoms with E-state index in [4.69, 9.17) is 5.11 Å². The number of hydrogen-bond acceptors (Lipinski definition) is 2. The highest BCUT2D eigenvalue weighted by Crippen LogP contribution is 2.37. The Morgan fingerprint density at radius 3 is 2.19 bits per heavy atom. The summed E-state index contributed by atoms with van der Waals surface area (Å²) in [6.45, 7) is 10.6. The van der Waals surface area contributed by atoms with Gasteiger partial charge in [0.15, 0.2) is 0 Å². The second-order valence-corrected chi connectivity index (χ2v) is 4.89. The Labute approximate surface area is 98.1 Å². The Bertz CT molecular complexity index is 259. The van der Waals surface area contributed by atoms with E-state index in [0.717, 1.165) is 13.1 Å². The molecule has 0 bridgehead atoms. The number of piperidine rings is 1. The Kier molecular flexibility index (Phi) is 4.54. The molecule has 16 heavy (non-hydrogen) atoms. The van der Waals surface area contributed by atoms with Gasteiger partial charge in [-0.1, -0.05) is 33.3 Å². The number of carbonyl (C=O) groups is 1. The second-order valence-electron chi connectivity index (χ2n) is 4.89. The van der Waals surface area contributed by atoms with Gasteiger partial charge < -0.3 is 5.11 Å². The third-order valence-corrected chi connectivity index (χ3v) is 4.13. The van der Waals surface area contributed by atoms with Crippen LogP contribution in [0, 0.1) is 5.41 Å². The van der Waals surface area contributed by atoms with Crippen molar-refractivity contribution in [1.82, 2.24) is 4.90 Å². The van der Waals surface area contributed by atoms with E-state index >= 15 is 0 Å². The Hall–Kier alpha value is -0.830. The van der Waals surface area contributed by atoms with Gasteiger partial charge in [0.1, 0.15) is 0 Å². The van der Waals surface area contributed by atoms with E-state index in [9.17, 15) is 4.79 Å². The fourth-order valence-electron chi connectivity index (χ4n) is 2.48. The number of likely N-dealkylation sites (tertiary alicyclic amines) is 1. The summed E-state index contributed by atoms with van der Waals surface area (Å²) in [5, 5.41) is 8.78. The van der Waals surface area contributed by atoms with Crippen molar-refractivity contribution in [1.29, 1.82) is 0 Å². The fourth-order valence-corrected chi connectivity index (χ4v) is 2.48. The first-order valence-corrected chi connectivity index (χ1v) is 6.16. The summed E-state index contributed by atoms with van der Waals surface area (Å²) in [5.41, 5.74) is 0.807. The Balaban J connectivity index is 2.43. The van der Waals surface area contributed by atoms with E-state index in [1.807, 2.05) is 0 Å². The molecule has 1 fully saturated rings. The minimum atomic E-state index is -0.872. The van der Waals surface area contributed by atoms with Crippen molar-refractivity contribution in [2.45, 2.75) is 39.5 Å². The van der Waals surface area contributed by atoms with E-state index < -0.39 is 5.97 Å². The average Bonchev–Trinajstić information content (AvgIpc) is 2.30. The maximum atomic E-state index is 10.7. The third kappa shape index (κ3) is 3.08. The molecule has 0 aliphatic carbocycles. The maximum Gasteiger partial charge on any atom is 0.332 e. The van der Waals surface area contributed by atoms with Crippen molar-refractivity contribution in [3.8, 4) is 0 Å². The first-order chi connectivity index (χ1) is 7.53. The van der Waals surface area contributed by atoms with Crippen LogP contribution in [0.2, 0.25) is 0 Å². The van der Waals surface area contributed by atoms with Crippen molar-refractivity contribution in [2.75, 3.05) is 19.6 Å². The summed E-state index contributed by atoms with van der Waals surface area (Å²) in [7, 11) is 0. The molecule has 1 aliphatic heterocycles. The molecule has 3 heteroatoms. The molecular formula is C13H23NO2. The molecule has 1 rings (SSSR count). The van der Waals surface area contributed by atoms with Gasteiger partial charge in [-0.25, -0.2) is 4.79 Å². The number of hydrogen-bond donors (Lipinski definition) is 1. The van der Waals surface area contributed by atoms with Gasteiger partial charge >= 0.3 is 5.97 Å². The van der Waals surface area contributed by atoms with Crippen LogP contribution >= 0.6 is 0 Å². The standard InChI is InChI=1S/C13H23NO2/c1-4-13(5-2)6-8-14(9-7-13)10-11(3)12(15)16/h3-10H2,1-2H3,(H,15,16). The molecule has 0 radical (unpaired) electrons. The SMILES string of the molecule is C=C(CN1CCC(CC)(CC)CC1)C(=O)O.